The van der Waals surface area contributed by atoms with E-state index in [9.17, 15) is 28.6 Å². The zero-order chi connectivity index (χ0) is 17.1. The molecule has 0 aliphatic rings. The number of nitrogens with zero attached hydrogens (tertiary/aromatic N) is 2. The molecule has 0 aliphatic carbocycles. The predicted octanol–water partition coefficient (Wildman–Crippen LogP) is 2.40. The van der Waals surface area contributed by atoms with Gasteiger partial charge in [0, 0.05) is 11.6 Å². The molecule has 10 heteroatoms. The highest BCUT2D eigenvalue weighted by Gasteiger charge is 2.25. The van der Waals surface area contributed by atoms with Gasteiger partial charge in [-0.1, -0.05) is 20.8 Å². The number of hydrogen-bond acceptors (Lipinski definition) is 7. The Morgan fingerprint density at radius 1 is 1.14 bits per heavy atom. The van der Waals surface area contributed by atoms with E-state index in [4.69, 9.17) is 4.18 Å². The van der Waals surface area contributed by atoms with E-state index in [1.54, 1.807) is 20.8 Å². The van der Waals surface area contributed by atoms with Gasteiger partial charge in [0.25, 0.3) is 21.5 Å². The first-order valence-corrected chi connectivity index (χ1v) is 7.78. The molecule has 0 spiro atoms. The fourth-order valence-corrected chi connectivity index (χ4v) is 2.70. The molecule has 0 aromatic heterocycles. The van der Waals surface area contributed by atoms with E-state index in [2.05, 4.69) is 0 Å². The van der Waals surface area contributed by atoms with Gasteiger partial charge in [0.15, 0.2) is 0 Å². The van der Waals surface area contributed by atoms with Crippen molar-refractivity contribution < 1.29 is 22.4 Å². The summed E-state index contributed by atoms with van der Waals surface area (Å²) < 4.78 is 28.5. The third kappa shape index (κ3) is 5.37. The fraction of sp³-hybridized carbons (Fsp3) is 0.500. The van der Waals surface area contributed by atoms with E-state index in [-0.39, 0.29) is 12.2 Å². The Balaban J connectivity index is 3.07. The van der Waals surface area contributed by atoms with E-state index in [1.165, 1.54) is 0 Å². The molecule has 0 saturated heterocycles. The van der Waals surface area contributed by atoms with Gasteiger partial charge in [0.05, 0.1) is 22.5 Å². The van der Waals surface area contributed by atoms with Gasteiger partial charge >= 0.3 is 0 Å². The van der Waals surface area contributed by atoms with Gasteiger partial charge in [-0.2, -0.15) is 8.42 Å². The molecule has 1 rings (SSSR count). The number of rotatable bonds is 6. The summed E-state index contributed by atoms with van der Waals surface area (Å²) in [5.41, 5.74) is -1.67. The topological polar surface area (TPSA) is 130 Å². The largest absolute Gasteiger partial charge is 0.280 e. The molecule has 0 fully saturated rings. The Kier molecular flexibility index (Phi) is 5.20. The molecule has 0 N–H and O–H groups in total. The van der Waals surface area contributed by atoms with E-state index in [0.717, 1.165) is 18.2 Å². The maximum atomic E-state index is 11.9. The quantitative estimate of drug-likeness (QED) is 0.444. The lowest BCUT2D eigenvalue weighted by atomic mass is 9.99. The summed E-state index contributed by atoms with van der Waals surface area (Å²) in [5.74, 6) is -0.725. The predicted molar refractivity (Wildman–Crippen MR) is 77.8 cm³/mol. The maximum absolute atomic E-state index is 11.9. The van der Waals surface area contributed by atoms with Crippen LogP contribution in [0, 0.1) is 25.6 Å². The van der Waals surface area contributed by atoms with Crippen LogP contribution in [0.25, 0.3) is 0 Å². The zero-order valence-corrected chi connectivity index (χ0v) is 13.1. The smallest absolute Gasteiger partial charge is 0.269 e. The molecule has 9 nitrogen and oxygen atoms in total. The summed E-state index contributed by atoms with van der Waals surface area (Å²) in [6.07, 6.45) is 0. The summed E-state index contributed by atoms with van der Waals surface area (Å²) in [6, 6.07) is 2.80. The van der Waals surface area contributed by atoms with Crippen molar-refractivity contribution in [1.29, 1.82) is 0 Å². The average Bonchev–Trinajstić information content (AvgIpc) is 2.35. The molecule has 0 heterocycles. The Morgan fingerprint density at radius 2 is 1.73 bits per heavy atom. The molecule has 1 aromatic rings. The van der Waals surface area contributed by atoms with Crippen LogP contribution in [-0.4, -0.2) is 24.9 Å². The van der Waals surface area contributed by atoms with Crippen LogP contribution in [0.4, 0.5) is 11.4 Å². The van der Waals surface area contributed by atoms with Crippen LogP contribution in [-0.2, 0) is 20.1 Å². The van der Waals surface area contributed by atoms with Crippen LogP contribution in [0.5, 0.6) is 0 Å². The fourth-order valence-electron chi connectivity index (χ4n) is 1.46. The van der Waals surface area contributed by atoms with Crippen molar-refractivity contribution in [3.05, 3.63) is 44.0 Å². The van der Waals surface area contributed by atoms with Crippen LogP contribution in [0.15, 0.2) is 18.2 Å². The van der Waals surface area contributed by atoms with Crippen molar-refractivity contribution in [3.8, 4) is 0 Å². The highest BCUT2D eigenvalue weighted by Crippen LogP contribution is 2.27. The van der Waals surface area contributed by atoms with Crippen molar-refractivity contribution in [2.24, 2.45) is 5.41 Å². The van der Waals surface area contributed by atoms with Gasteiger partial charge < -0.3 is 0 Å². The molecular formula is C12H16N2O7S. The summed E-state index contributed by atoms with van der Waals surface area (Å²) in [5, 5.41) is 21.6. The van der Waals surface area contributed by atoms with E-state index < -0.39 is 42.5 Å². The normalized spacial score (nSPS) is 12.1. The summed E-state index contributed by atoms with van der Waals surface area (Å²) in [6.45, 7) is 5.25. The number of non-ortho nitro benzene ring substituents is 1. The Bertz CT molecular complexity index is 692. The molecule has 1 aromatic carbocycles. The maximum Gasteiger partial charge on any atom is 0.280 e. The average molecular weight is 332 g/mol. The zero-order valence-electron chi connectivity index (χ0n) is 12.3. The molecule has 122 valence electrons. The van der Waals surface area contributed by atoms with Gasteiger partial charge in [0.2, 0.25) is 0 Å². The number of nitro benzene ring substituents is 2. The van der Waals surface area contributed by atoms with E-state index >= 15 is 0 Å². The number of nitro groups is 2. The van der Waals surface area contributed by atoms with E-state index in [1.807, 2.05) is 0 Å². The standard InChI is InChI=1S/C12H16N2O7S/c1-12(2,3)8-21-22(19,20)7-9-4-5-10(13(15)16)6-11(9)14(17)18/h4-6H,7-8H2,1-3H3. The van der Waals surface area contributed by atoms with Crippen LogP contribution in [0.2, 0.25) is 0 Å². The molecule has 22 heavy (non-hydrogen) atoms. The van der Waals surface area contributed by atoms with Crippen LogP contribution in [0.3, 0.4) is 0 Å². The number of hydrogen-bond donors (Lipinski definition) is 0. The van der Waals surface area contributed by atoms with Gasteiger partial charge in [0.1, 0.15) is 5.75 Å². The summed E-state index contributed by atoms with van der Waals surface area (Å²) in [7, 11) is -4.03. The lowest BCUT2D eigenvalue weighted by Crippen LogP contribution is -2.20. The minimum absolute atomic E-state index is 0.0733. The molecule has 0 saturated carbocycles. The SMILES string of the molecule is CC(C)(C)COS(=O)(=O)Cc1ccc([N+](=O)[O-])cc1[N+](=O)[O-]. The summed E-state index contributed by atoms with van der Waals surface area (Å²) in [4.78, 5) is 19.9. The lowest BCUT2D eigenvalue weighted by Gasteiger charge is -2.17. The highest BCUT2D eigenvalue weighted by molar-refractivity contribution is 7.85. The van der Waals surface area contributed by atoms with Crippen molar-refractivity contribution in [2.45, 2.75) is 26.5 Å². The molecule has 0 aliphatic heterocycles. The molecular weight excluding hydrogens is 316 g/mol. The first-order valence-electron chi connectivity index (χ1n) is 6.20. The van der Waals surface area contributed by atoms with Crippen molar-refractivity contribution in [2.75, 3.05) is 6.61 Å². The van der Waals surface area contributed by atoms with Crippen molar-refractivity contribution in [3.63, 3.8) is 0 Å². The Morgan fingerprint density at radius 3 is 2.18 bits per heavy atom. The van der Waals surface area contributed by atoms with Gasteiger partial charge in [-0.25, -0.2) is 0 Å². The molecule has 0 atom stereocenters. The first kappa shape index (κ1) is 18.0. The monoisotopic (exact) mass is 332 g/mol. The van der Waals surface area contributed by atoms with Crippen molar-refractivity contribution in [1.82, 2.24) is 0 Å². The summed E-state index contributed by atoms with van der Waals surface area (Å²) >= 11 is 0. The van der Waals surface area contributed by atoms with Gasteiger partial charge in [-0.05, 0) is 11.5 Å². The second-order valence-corrected chi connectivity index (χ2v) is 7.49. The van der Waals surface area contributed by atoms with Gasteiger partial charge in [-0.15, -0.1) is 0 Å². The molecule has 0 amide bonds. The van der Waals surface area contributed by atoms with Crippen molar-refractivity contribution >= 4 is 21.5 Å². The second-order valence-electron chi connectivity index (χ2n) is 5.85. The molecule has 0 unspecified atom stereocenters. The Labute approximate surface area is 127 Å². The Hall–Kier alpha value is -2.07. The molecule has 0 radical (unpaired) electrons. The van der Waals surface area contributed by atoms with Crippen LogP contribution < -0.4 is 0 Å². The number of benzene rings is 1. The second kappa shape index (κ2) is 6.36. The third-order valence-electron chi connectivity index (χ3n) is 2.48. The lowest BCUT2D eigenvalue weighted by molar-refractivity contribution is -0.394. The van der Waals surface area contributed by atoms with Crippen LogP contribution in [0.1, 0.15) is 26.3 Å². The van der Waals surface area contributed by atoms with E-state index in [0.29, 0.717) is 0 Å². The first-order chi connectivity index (χ1) is 9.91. The third-order valence-corrected chi connectivity index (χ3v) is 3.62. The van der Waals surface area contributed by atoms with Gasteiger partial charge in [-0.3, -0.25) is 24.4 Å². The highest BCUT2D eigenvalue weighted by atomic mass is 32.2. The van der Waals surface area contributed by atoms with Crippen LogP contribution >= 0.6 is 0 Å². The molecule has 0 bridgehead atoms. The minimum atomic E-state index is -4.03. The minimum Gasteiger partial charge on any atom is -0.269 e.